The van der Waals surface area contributed by atoms with Crippen LogP contribution in [-0.4, -0.2) is 18.1 Å². The lowest BCUT2D eigenvalue weighted by atomic mass is 9.90. The minimum atomic E-state index is -0.341. The molecule has 1 saturated carbocycles. The predicted molar refractivity (Wildman–Crippen MR) is 46.6 cm³/mol. The molecule has 0 aliphatic heterocycles. The lowest BCUT2D eigenvalue weighted by Gasteiger charge is -2.24. The second-order valence-corrected chi connectivity index (χ2v) is 3.70. The number of nitrogens with two attached hydrogens (primary N) is 1. The normalized spacial score (nSPS) is 35.1. The average Bonchev–Trinajstić information content (AvgIpc) is 2.30. The van der Waals surface area contributed by atoms with Crippen LogP contribution >= 0.6 is 0 Å². The van der Waals surface area contributed by atoms with Gasteiger partial charge in [-0.15, -0.1) is 0 Å². The predicted octanol–water partition coefficient (Wildman–Crippen LogP) is 1.07. The summed E-state index contributed by atoms with van der Waals surface area (Å²) in [6.45, 7) is 4.20. The summed E-state index contributed by atoms with van der Waals surface area (Å²) in [6, 6.07) is 0. The van der Waals surface area contributed by atoms with E-state index in [1.54, 1.807) is 0 Å². The number of hydrogen-bond acceptors (Lipinski definition) is 3. The van der Waals surface area contributed by atoms with Crippen molar-refractivity contribution in [3.8, 4) is 0 Å². The highest BCUT2D eigenvalue weighted by Gasteiger charge is 2.40. The molecule has 1 aliphatic carbocycles. The van der Waals surface area contributed by atoms with Crippen molar-refractivity contribution in [2.24, 2.45) is 11.7 Å². The smallest absolute Gasteiger partial charge is 0.310 e. The van der Waals surface area contributed by atoms with E-state index in [1.807, 2.05) is 13.8 Å². The summed E-state index contributed by atoms with van der Waals surface area (Å²) >= 11 is 0. The Bertz CT molecular complexity index is 177. The van der Waals surface area contributed by atoms with Gasteiger partial charge in [-0.25, -0.2) is 0 Å². The molecule has 0 aromatic heterocycles. The van der Waals surface area contributed by atoms with Gasteiger partial charge in [-0.1, -0.05) is 6.42 Å². The van der Waals surface area contributed by atoms with E-state index < -0.39 is 0 Å². The van der Waals surface area contributed by atoms with E-state index in [0.29, 0.717) is 6.61 Å². The number of carbonyl (C=O) groups is 1. The maximum atomic E-state index is 11.4. The van der Waals surface area contributed by atoms with Crippen molar-refractivity contribution in [1.29, 1.82) is 0 Å². The van der Waals surface area contributed by atoms with Crippen LogP contribution in [0.3, 0.4) is 0 Å². The number of ether oxygens (including phenoxy) is 1. The van der Waals surface area contributed by atoms with Gasteiger partial charge in [0.25, 0.3) is 0 Å². The maximum Gasteiger partial charge on any atom is 0.310 e. The fourth-order valence-corrected chi connectivity index (χ4v) is 1.82. The third-order valence-electron chi connectivity index (χ3n) is 2.58. The van der Waals surface area contributed by atoms with Gasteiger partial charge in [0.05, 0.1) is 12.5 Å². The van der Waals surface area contributed by atoms with Crippen molar-refractivity contribution < 1.29 is 9.53 Å². The Balaban J connectivity index is 2.56. The van der Waals surface area contributed by atoms with E-state index in [-0.39, 0.29) is 17.4 Å². The first kappa shape index (κ1) is 9.52. The summed E-state index contributed by atoms with van der Waals surface area (Å²) in [5.41, 5.74) is 5.61. The summed E-state index contributed by atoms with van der Waals surface area (Å²) in [6.07, 6.45) is 2.85. The van der Waals surface area contributed by atoms with Crippen molar-refractivity contribution in [3.05, 3.63) is 0 Å². The average molecular weight is 171 g/mol. The lowest BCUT2D eigenvalue weighted by molar-refractivity contribution is -0.149. The minimum absolute atomic E-state index is 0.0857. The molecule has 2 unspecified atom stereocenters. The van der Waals surface area contributed by atoms with E-state index >= 15 is 0 Å². The maximum absolute atomic E-state index is 11.4. The van der Waals surface area contributed by atoms with Crippen molar-refractivity contribution in [2.75, 3.05) is 6.61 Å². The molecule has 1 aliphatic rings. The molecule has 3 nitrogen and oxygen atoms in total. The van der Waals surface area contributed by atoms with Crippen molar-refractivity contribution in [1.82, 2.24) is 0 Å². The van der Waals surface area contributed by atoms with E-state index in [4.69, 9.17) is 10.5 Å². The van der Waals surface area contributed by atoms with Crippen molar-refractivity contribution >= 4 is 5.97 Å². The zero-order valence-corrected chi connectivity index (χ0v) is 7.80. The van der Waals surface area contributed by atoms with E-state index in [2.05, 4.69) is 0 Å². The highest BCUT2D eigenvalue weighted by Crippen LogP contribution is 2.33. The Morgan fingerprint density at radius 3 is 2.83 bits per heavy atom. The second kappa shape index (κ2) is 3.44. The van der Waals surface area contributed by atoms with Gasteiger partial charge in [0.15, 0.2) is 0 Å². The molecule has 2 atom stereocenters. The SMILES string of the molecule is CCOC(=O)C1CCCC1(C)N. The minimum Gasteiger partial charge on any atom is -0.466 e. The quantitative estimate of drug-likeness (QED) is 0.632. The molecule has 0 heterocycles. The van der Waals surface area contributed by atoms with Crippen LogP contribution in [0.25, 0.3) is 0 Å². The molecule has 0 aromatic carbocycles. The molecule has 3 heteroatoms. The van der Waals surface area contributed by atoms with Crippen molar-refractivity contribution in [2.45, 2.75) is 38.6 Å². The van der Waals surface area contributed by atoms with Gasteiger partial charge in [0.1, 0.15) is 0 Å². The van der Waals surface area contributed by atoms with Gasteiger partial charge in [-0.2, -0.15) is 0 Å². The molecule has 2 N–H and O–H groups in total. The van der Waals surface area contributed by atoms with Gasteiger partial charge < -0.3 is 10.5 Å². The molecular formula is C9H17NO2. The first-order valence-corrected chi connectivity index (χ1v) is 4.53. The Kier molecular flexibility index (Phi) is 2.73. The third-order valence-corrected chi connectivity index (χ3v) is 2.58. The van der Waals surface area contributed by atoms with Gasteiger partial charge in [0.2, 0.25) is 0 Å². The zero-order valence-electron chi connectivity index (χ0n) is 7.80. The Hall–Kier alpha value is -0.570. The summed E-state index contributed by atoms with van der Waals surface area (Å²) in [5.74, 6) is -0.211. The van der Waals surface area contributed by atoms with Crippen LogP contribution in [0.5, 0.6) is 0 Å². The second-order valence-electron chi connectivity index (χ2n) is 3.70. The summed E-state index contributed by atoms with van der Waals surface area (Å²) < 4.78 is 4.94. The highest BCUT2D eigenvalue weighted by molar-refractivity contribution is 5.74. The molecule has 0 amide bonds. The molecular weight excluding hydrogens is 154 g/mol. The van der Waals surface area contributed by atoms with E-state index in [9.17, 15) is 4.79 Å². The molecule has 0 radical (unpaired) electrons. The van der Waals surface area contributed by atoms with E-state index in [1.165, 1.54) is 0 Å². The topological polar surface area (TPSA) is 52.3 Å². The first-order valence-electron chi connectivity index (χ1n) is 4.53. The zero-order chi connectivity index (χ0) is 9.19. The van der Waals surface area contributed by atoms with Crippen molar-refractivity contribution in [3.63, 3.8) is 0 Å². The van der Waals surface area contributed by atoms with Crippen LogP contribution in [0, 0.1) is 5.92 Å². The van der Waals surface area contributed by atoms with Gasteiger partial charge in [0, 0.05) is 5.54 Å². The van der Waals surface area contributed by atoms with Crippen LogP contribution in [0.1, 0.15) is 33.1 Å². The molecule has 0 spiro atoms. The summed E-state index contributed by atoms with van der Waals surface area (Å²) in [4.78, 5) is 11.4. The van der Waals surface area contributed by atoms with Gasteiger partial charge in [-0.3, -0.25) is 4.79 Å². The molecule has 0 saturated heterocycles. The van der Waals surface area contributed by atoms with Crippen LogP contribution in [0.15, 0.2) is 0 Å². The number of esters is 1. The Labute approximate surface area is 73.3 Å². The molecule has 1 rings (SSSR count). The summed E-state index contributed by atoms with van der Waals surface area (Å²) in [7, 11) is 0. The fourth-order valence-electron chi connectivity index (χ4n) is 1.82. The Morgan fingerprint density at radius 1 is 1.75 bits per heavy atom. The van der Waals surface area contributed by atoms with Crippen LogP contribution < -0.4 is 5.73 Å². The molecule has 1 fully saturated rings. The molecule has 0 bridgehead atoms. The standard InChI is InChI=1S/C9H17NO2/c1-3-12-8(11)7-5-4-6-9(7,2)10/h7H,3-6,10H2,1-2H3. The first-order chi connectivity index (χ1) is 5.58. The van der Waals surface area contributed by atoms with Gasteiger partial charge in [-0.05, 0) is 26.7 Å². The van der Waals surface area contributed by atoms with Crippen LogP contribution in [0.4, 0.5) is 0 Å². The molecule has 12 heavy (non-hydrogen) atoms. The highest BCUT2D eigenvalue weighted by atomic mass is 16.5. The number of hydrogen-bond donors (Lipinski definition) is 1. The third kappa shape index (κ3) is 1.78. The van der Waals surface area contributed by atoms with Gasteiger partial charge >= 0.3 is 5.97 Å². The van der Waals surface area contributed by atoms with E-state index in [0.717, 1.165) is 19.3 Å². The molecule has 0 aromatic rings. The monoisotopic (exact) mass is 171 g/mol. The van der Waals surface area contributed by atoms with Crippen LogP contribution in [0.2, 0.25) is 0 Å². The largest absolute Gasteiger partial charge is 0.466 e. The number of rotatable bonds is 2. The number of carbonyl (C=O) groups excluding carboxylic acids is 1. The lowest BCUT2D eigenvalue weighted by Crippen LogP contribution is -2.44. The Morgan fingerprint density at radius 2 is 2.42 bits per heavy atom. The summed E-state index contributed by atoms with van der Waals surface area (Å²) in [5, 5.41) is 0. The van der Waals surface area contributed by atoms with Crippen LogP contribution in [-0.2, 0) is 9.53 Å². The molecule has 70 valence electrons. The fraction of sp³-hybridized carbons (Fsp3) is 0.889.